The zero-order valence-electron chi connectivity index (χ0n) is 9.86. The SMILES string of the molecule is C=C/C(=C\C=C/C)OCCOC(=O)C(=C)C. The summed E-state index contributed by atoms with van der Waals surface area (Å²) in [6.07, 6.45) is 7.11. The van der Waals surface area contributed by atoms with E-state index in [2.05, 4.69) is 13.2 Å². The van der Waals surface area contributed by atoms with Gasteiger partial charge in [-0.15, -0.1) is 0 Å². The van der Waals surface area contributed by atoms with Crippen molar-refractivity contribution in [2.24, 2.45) is 0 Å². The van der Waals surface area contributed by atoms with E-state index in [1.54, 1.807) is 19.1 Å². The molecule has 0 aromatic carbocycles. The molecule has 3 nitrogen and oxygen atoms in total. The van der Waals surface area contributed by atoms with Crippen LogP contribution in [0.15, 0.2) is 48.8 Å². The second-order valence-corrected chi connectivity index (χ2v) is 3.06. The Morgan fingerprint density at radius 2 is 1.94 bits per heavy atom. The molecule has 0 rings (SSSR count). The van der Waals surface area contributed by atoms with Gasteiger partial charge in [0, 0.05) is 5.57 Å². The van der Waals surface area contributed by atoms with Gasteiger partial charge in [0.15, 0.2) is 0 Å². The Balaban J connectivity index is 3.84. The van der Waals surface area contributed by atoms with Gasteiger partial charge in [0.25, 0.3) is 0 Å². The molecule has 16 heavy (non-hydrogen) atoms. The minimum atomic E-state index is -0.402. The van der Waals surface area contributed by atoms with Gasteiger partial charge in [0.1, 0.15) is 19.0 Å². The van der Waals surface area contributed by atoms with Gasteiger partial charge in [-0.25, -0.2) is 4.79 Å². The lowest BCUT2D eigenvalue weighted by atomic mass is 10.4. The summed E-state index contributed by atoms with van der Waals surface area (Å²) in [4.78, 5) is 11.0. The molecule has 0 fully saturated rings. The molecular weight excluding hydrogens is 204 g/mol. The summed E-state index contributed by atoms with van der Waals surface area (Å²) in [5, 5.41) is 0. The summed E-state index contributed by atoms with van der Waals surface area (Å²) in [6, 6.07) is 0. The average molecular weight is 222 g/mol. The van der Waals surface area contributed by atoms with E-state index in [-0.39, 0.29) is 6.61 Å². The van der Waals surface area contributed by atoms with Gasteiger partial charge in [0.2, 0.25) is 0 Å². The van der Waals surface area contributed by atoms with Crippen LogP contribution in [0.1, 0.15) is 13.8 Å². The van der Waals surface area contributed by atoms with Crippen molar-refractivity contribution in [3.8, 4) is 0 Å². The fourth-order valence-electron chi connectivity index (χ4n) is 0.783. The molecule has 0 bridgehead atoms. The van der Waals surface area contributed by atoms with Crippen molar-refractivity contribution < 1.29 is 14.3 Å². The number of hydrogen-bond acceptors (Lipinski definition) is 3. The molecule has 0 saturated carbocycles. The van der Waals surface area contributed by atoms with E-state index in [1.807, 2.05) is 19.1 Å². The number of esters is 1. The van der Waals surface area contributed by atoms with Crippen molar-refractivity contribution in [2.45, 2.75) is 13.8 Å². The van der Waals surface area contributed by atoms with Crippen molar-refractivity contribution in [1.82, 2.24) is 0 Å². The lowest BCUT2D eigenvalue weighted by molar-refractivity contribution is -0.140. The topological polar surface area (TPSA) is 35.5 Å². The van der Waals surface area contributed by atoms with Crippen LogP contribution in [0.5, 0.6) is 0 Å². The number of carbonyl (C=O) groups excluding carboxylic acids is 1. The van der Waals surface area contributed by atoms with Crippen LogP contribution in [-0.2, 0) is 14.3 Å². The van der Waals surface area contributed by atoms with Gasteiger partial charge in [-0.2, -0.15) is 0 Å². The predicted octanol–water partition coefficient (Wildman–Crippen LogP) is 2.77. The Hall–Kier alpha value is -1.77. The highest BCUT2D eigenvalue weighted by Crippen LogP contribution is 1.99. The van der Waals surface area contributed by atoms with Crippen molar-refractivity contribution in [1.29, 1.82) is 0 Å². The molecular formula is C13H18O3. The van der Waals surface area contributed by atoms with Crippen LogP contribution in [0.2, 0.25) is 0 Å². The van der Waals surface area contributed by atoms with Crippen LogP contribution < -0.4 is 0 Å². The molecule has 0 atom stereocenters. The normalized spacial score (nSPS) is 11.2. The Morgan fingerprint density at radius 3 is 2.44 bits per heavy atom. The molecule has 0 aromatic rings. The van der Waals surface area contributed by atoms with E-state index in [9.17, 15) is 4.79 Å². The third kappa shape index (κ3) is 6.65. The third-order valence-corrected chi connectivity index (χ3v) is 1.59. The Morgan fingerprint density at radius 1 is 1.31 bits per heavy atom. The van der Waals surface area contributed by atoms with Crippen molar-refractivity contribution in [3.63, 3.8) is 0 Å². The van der Waals surface area contributed by atoms with Crippen molar-refractivity contribution in [3.05, 3.63) is 48.8 Å². The van der Waals surface area contributed by atoms with Crippen LogP contribution in [0.25, 0.3) is 0 Å². The number of allylic oxidation sites excluding steroid dienone is 4. The lowest BCUT2D eigenvalue weighted by Gasteiger charge is -2.07. The predicted molar refractivity (Wildman–Crippen MR) is 64.8 cm³/mol. The van der Waals surface area contributed by atoms with Gasteiger partial charge in [-0.3, -0.25) is 0 Å². The molecule has 0 radical (unpaired) electrons. The van der Waals surface area contributed by atoms with Crippen molar-refractivity contribution in [2.75, 3.05) is 13.2 Å². The van der Waals surface area contributed by atoms with Gasteiger partial charge in [0.05, 0.1) is 0 Å². The standard InChI is InChI=1S/C13H18O3/c1-5-7-8-12(6-2)15-9-10-16-13(14)11(3)4/h5-8H,2-3,9-10H2,1,4H3/b7-5-,12-8+. The minimum absolute atomic E-state index is 0.201. The van der Waals surface area contributed by atoms with Crippen LogP contribution >= 0.6 is 0 Å². The summed E-state index contributed by atoms with van der Waals surface area (Å²) in [5.41, 5.74) is 0.383. The smallest absolute Gasteiger partial charge is 0.333 e. The van der Waals surface area contributed by atoms with Gasteiger partial charge < -0.3 is 9.47 Å². The maximum absolute atomic E-state index is 11.0. The summed E-state index contributed by atoms with van der Waals surface area (Å²) in [6.45, 7) is 11.1. The summed E-state index contributed by atoms with van der Waals surface area (Å²) < 4.78 is 10.2. The second kappa shape index (κ2) is 8.53. The highest BCUT2D eigenvalue weighted by Gasteiger charge is 2.02. The first-order valence-electron chi connectivity index (χ1n) is 5.02. The van der Waals surface area contributed by atoms with E-state index in [4.69, 9.17) is 9.47 Å². The van der Waals surface area contributed by atoms with Crippen LogP contribution in [0, 0.1) is 0 Å². The monoisotopic (exact) mass is 222 g/mol. The molecule has 0 heterocycles. The highest BCUT2D eigenvalue weighted by molar-refractivity contribution is 5.86. The molecule has 0 N–H and O–H groups in total. The molecule has 0 amide bonds. The number of ether oxygens (including phenoxy) is 2. The third-order valence-electron chi connectivity index (χ3n) is 1.59. The number of hydrogen-bond donors (Lipinski definition) is 0. The zero-order chi connectivity index (χ0) is 12.4. The molecule has 0 unspecified atom stereocenters. The van der Waals surface area contributed by atoms with Gasteiger partial charge in [-0.1, -0.05) is 25.3 Å². The van der Waals surface area contributed by atoms with Gasteiger partial charge >= 0.3 is 5.97 Å². The first-order valence-corrected chi connectivity index (χ1v) is 5.02. The lowest BCUT2D eigenvalue weighted by Crippen LogP contribution is -2.10. The molecule has 0 aromatic heterocycles. The summed E-state index contributed by atoms with van der Waals surface area (Å²) in [5.74, 6) is 0.241. The van der Waals surface area contributed by atoms with E-state index in [0.717, 1.165) is 0 Å². The Labute approximate surface area is 96.7 Å². The largest absolute Gasteiger partial charge is 0.490 e. The van der Waals surface area contributed by atoms with Crippen LogP contribution in [-0.4, -0.2) is 19.2 Å². The second-order valence-electron chi connectivity index (χ2n) is 3.06. The molecule has 0 aliphatic carbocycles. The van der Waals surface area contributed by atoms with E-state index in [0.29, 0.717) is 17.9 Å². The van der Waals surface area contributed by atoms with Gasteiger partial charge in [-0.05, 0) is 26.0 Å². The quantitative estimate of drug-likeness (QED) is 0.218. The maximum Gasteiger partial charge on any atom is 0.333 e. The first-order chi connectivity index (χ1) is 7.61. The average Bonchev–Trinajstić information content (AvgIpc) is 2.27. The number of carbonyl (C=O) groups is 1. The van der Waals surface area contributed by atoms with E-state index >= 15 is 0 Å². The molecule has 0 saturated heterocycles. The van der Waals surface area contributed by atoms with Crippen LogP contribution in [0.3, 0.4) is 0 Å². The Kier molecular flexibility index (Phi) is 7.59. The molecule has 3 heteroatoms. The fourth-order valence-corrected chi connectivity index (χ4v) is 0.783. The first kappa shape index (κ1) is 14.2. The zero-order valence-corrected chi connectivity index (χ0v) is 9.86. The van der Waals surface area contributed by atoms with Crippen LogP contribution in [0.4, 0.5) is 0 Å². The summed E-state index contributed by atoms with van der Waals surface area (Å²) >= 11 is 0. The van der Waals surface area contributed by atoms with Crippen molar-refractivity contribution >= 4 is 5.97 Å². The van der Waals surface area contributed by atoms with E-state index < -0.39 is 5.97 Å². The highest BCUT2D eigenvalue weighted by atomic mass is 16.6. The molecule has 88 valence electrons. The minimum Gasteiger partial charge on any atom is -0.490 e. The summed E-state index contributed by atoms with van der Waals surface area (Å²) in [7, 11) is 0. The fraction of sp³-hybridized carbons (Fsp3) is 0.308. The molecule has 0 aliphatic heterocycles. The maximum atomic E-state index is 11.0. The van der Waals surface area contributed by atoms with E-state index in [1.165, 1.54) is 0 Å². The number of rotatable bonds is 7. The Bertz CT molecular complexity index is 311. The molecule has 0 spiro atoms. The molecule has 0 aliphatic rings.